The van der Waals surface area contributed by atoms with Gasteiger partial charge in [-0.2, -0.15) is 5.26 Å². The smallest absolute Gasteiger partial charge is 0.0991 e. The zero-order valence-corrected chi connectivity index (χ0v) is 13.8. The van der Waals surface area contributed by atoms with Gasteiger partial charge in [0.2, 0.25) is 0 Å². The number of benzene rings is 3. The zero-order chi connectivity index (χ0) is 16.7. The van der Waals surface area contributed by atoms with E-state index >= 15 is 0 Å². The van der Waals surface area contributed by atoms with Gasteiger partial charge in [-0.3, -0.25) is 0 Å². The van der Waals surface area contributed by atoms with Crippen molar-refractivity contribution < 1.29 is 0 Å². The van der Waals surface area contributed by atoms with Gasteiger partial charge in [0.1, 0.15) is 0 Å². The molecule has 3 aromatic carbocycles. The average molecular weight is 310 g/mol. The molecule has 0 radical (unpaired) electrons. The second-order valence-electron chi connectivity index (χ2n) is 6.65. The fourth-order valence-corrected chi connectivity index (χ4v) is 3.63. The summed E-state index contributed by atoms with van der Waals surface area (Å²) in [6.45, 7) is 4.56. The van der Waals surface area contributed by atoms with E-state index in [9.17, 15) is 0 Å². The van der Waals surface area contributed by atoms with Crippen LogP contribution in [0.25, 0.3) is 0 Å². The Morgan fingerprint density at radius 2 is 1.25 bits per heavy atom. The Kier molecular flexibility index (Phi) is 3.18. The summed E-state index contributed by atoms with van der Waals surface area (Å²) in [6, 6.07) is 27.1. The maximum atomic E-state index is 9.06. The average Bonchev–Trinajstić information content (AvgIpc) is 2.63. The van der Waals surface area contributed by atoms with Crippen molar-refractivity contribution in [1.29, 1.82) is 5.26 Å². The summed E-state index contributed by atoms with van der Waals surface area (Å²) in [5.74, 6) is 0. The van der Waals surface area contributed by atoms with Crippen LogP contribution < -0.4 is 4.90 Å². The molecule has 4 rings (SSSR count). The van der Waals surface area contributed by atoms with Crippen LogP contribution in [0.15, 0.2) is 72.8 Å². The van der Waals surface area contributed by atoms with Gasteiger partial charge in [-0.25, -0.2) is 0 Å². The van der Waals surface area contributed by atoms with Crippen LogP contribution in [0.2, 0.25) is 0 Å². The summed E-state index contributed by atoms with van der Waals surface area (Å²) in [7, 11) is 0. The topological polar surface area (TPSA) is 27.0 Å². The van der Waals surface area contributed by atoms with Crippen LogP contribution in [0.4, 0.5) is 17.1 Å². The van der Waals surface area contributed by atoms with Crippen molar-refractivity contribution >= 4 is 17.1 Å². The third-order valence-electron chi connectivity index (χ3n) is 4.89. The van der Waals surface area contributed by atoms with E-state index in [0.717, 1.165) is 5.69 Å². The third kappa shape index (κ3) is 2.02. The molecule has 0 N–H and O–H groups in total. The van der Waals surface area contributed by atoms with Crippen LogP contribution in [0, 0.1) is 11.3 Å². The Labute approximate surface area is 142 Å². The molecule has 0 spiro atoms. The molecule has 2 heteroatoms. The standard InChI is InChI=1S/C22H18N2/c1-22(2)18-7-3-5-9-20(18)24(21-10-6-4-8-19(21)22)17-13-11-16(15-23)12-14-17/h3-14H,1-2H3. The highest BCUT2D eigenvalue weighted by Gasteiger charge is 2.36. The summed E-state index contributed by atoms with van der Waals surface area (Å²) in [5.41, 5.74) is 6.73. The first-order valence-electron chi connectivity index (χ1n) is 8.12. The molecule has 0 bridgehead atoms. The van der Waals surface area contributed by atoms with Crippen LogP contribution in [0.1, 0.15) is 30.5 Å². The molecule has 2 nitrogen and oxygen atoms in total. The molecule has 0 amide bonds. The molecule has 24 heavy (non-hydrogen) atoms. The van der Waals surface area contributed by atoms with Crippen LogP contribution in [-0.4, -0.2) is 0 Å². The Morgan fingerprint density at radius 1 is 0.750 bits per heavy atom. The molecule has 0 aliphatic carbocycles. The van der Waals surface area contributed by atoms with E-state index in [4.69, 9.17) is 5.26 Å². The molecule has 0 saturated heterocycles. The van der Waals surface area contributed by atoms with Gasteiger partial charge in [0.25, 0.3) is 0 Å². The zero-order valence-electron chi connectivity index (χ0n) is 13.8. The highest BCUT2D eigenvalue weighted by atomic mass is 15.2. The molecule has 0 saturated carbocycles. The number of anilines is 3. The molecule has 0 unspecified atom stereocenters. The van der Waals surface area contributed by atoms with Crippen molar-refractivity contribution in [2.45, 2.75) is 19.3 Å². The number of hydrogen-bond acceptors (Lipinski definition) is 2. The molecule has 1 aliphatic rings. The molecule has 116 valence electrons. The van der Waals surface area contributed by atoms with Gasteiger partial charge >= 0.3 is 0 Å². The predicted octanol–water partition coefficient (Wildman–Crippen LogP) is 5.67. The Hall–Kier alpha value is -3.05. The predicted molar refractivity (Wildman–Crippen MR) is 98.0 cm³/mol. The van der Waals surface area contributed by atoms with E-state index in [2.05, 4.69) is 73.3 Å². The Morgan fingerprint density at radius 3 is 1.75 bits per heavy atom. The van der Waals surface area contributed by atoms with Gasteiger partial charge in [-0.05, 0) is 47.5 Å². The summed E-state index contributed by atoms with van der Waals surface area (Å²) >= 11 is 0. The summed E-state index contributed by atoms with van der Waals surface area (Å²) < 4.78 is 0. The molecular formula is C22H18N2. The first-order chi connectivity index (χ1) is 11.6. The van der Waals surface area contributed by atoms with Crippen molar-refractivity contribution in [2.75, 3.05) is 4.90 Å². The number of nitrogens with zero attached hydrogens (tertiary/aromatic N) is 2. The minimum Gasteiger partial charge on any atom is -0.310 e. The van der Waals surface area contributed by atoms with E-state index in [-0.39, 0.29) is 5.41 Å². The summed E-state index contributed by atoms with van der Waals surface area (Å²) in [5, 5.41) is 9.06. The van der Waals surface area contributed by atoms with Crippen molar-refractivity contribution in [3.63, 3.8) is 0 Å². The second kappa shape index (κ2) is 5.25. The van der Waals surface area contributed by atoms with E-state index in [0.29, 0.717) is 5.56 Å². The highest BCUT2D eigenvalue weighted by Crippen LogP contribution is 2.51. The lowest BCUT2D eigenvalue weighted by molar-refractivity contribution is 0.632. The number of hydrogen-bond donors (Lipinski definition) is 0. The first-order valence-corrected chi connectivity index (χ1v) is 8.12. The van der Waals surface area contributed by atoms with Gasteiger partial charge in [0.15, 0.2) is 0 Å². The van der Waals surface area contributed by atoms with E-state index < -0.39 is 0 Å². The van der Waals surface area contributed by atoms with Crippen LogP contribution in [0.3, 0.4) is 0 Å². The van der Waals surface area contributed by atoms with E-state index in [1.54, 1.807) is 0 Å². The van der Waals surface area contributed by atoms with E-state index in [1.807, 2.05) is 24.3 Å². The summed E-state index contributed by atoms with van der Waals surface area (Å²) in [4.78, 5) is 2.29. The Bertz CT molecular complexity index is 897. The van der Waals surface area contributed by atoms with Gasteiger partial charge in [-0.15, -0.1) is 0 Å². The number of fused-ring (bicyclic) bond motifs is 2. The van der Waals surface area contributed by atoms with Gasteiger partial charge in [0, 0.05) is 11.1 Å². The van der Waals surface area contributed by atoms with Crippen molar-refractivity contribution in [3.05, 3.63) is 89.5 Å². The maximum Gasteiger partial charge on any atom is 0.0991 e. The first kappa shape index (κ1) is 14.5. The molecule has 0 aromatic heterocycles. The number of para-hydroxylation sites is 2. The quantitative estimate of drug-likeness (QED) is 0.579. The third-order valence-corrected chi connectivity index (χ3v) is 4.89. The normalized spacial score (nSPS) is 14.5. The fourth-order valence-electron chi connectivity index (χ4n) is 3.63. The van der Waals surface area contributed by atoms with Gasteiger partial charge < -0.3 is 4.90 Å². The molecule has 0 fully saturated rings. The number of rotatable bonds is 1. The molecule has 0 atom stereocenters. The lowest BCUT2D eigenvalue weighted by Crippen LogP contribution is -2.30. The fraction of sp³-hybridized carbons (Fsp3) is 0.136. The summed E-state index contributed by atoms with van der Waals surface area (Å²) in [6.07, 6.45) is 0. The van der Waals surface area contributed by atoms with Crippen molar-refractivity contribution in [3.8, 4) is 6.07 Å². The lowest BCUT2D eigenvalue weighted by atomic mass is 9.73. The van der Waals surface area contributed by atoms with Crippen molar-refractivity contribution in [2.24, 2.45) is 0 Å². The minimum atomic E-state index is -0.0454. The van der Waals surface area contributed by atoms with Crippen LogP contribution >= 0.6 is 0 Å². The minimum absolute atomic E-state index is 0.0454. The molecule has 1 heterocycles. The Balaban J connectivity index is 1.99. The maximum absolute atomic E-state index is 9.06. The van der Waals surface area contributed by atoms with E-state index in [1.165, 1.54) is 22.5 Å². The van der Waals surface area contributed by atoms with Crippen molar-refractivity contribution in [1.82, 2.24) is 0 Å². The van der Waals surface area contributed by atoms with Gasteiger partial charge in [0.05, 0.1) is 23.0 Å². The van der Waals surface area contributed by atoms with Crippen LogP contribution in [-0.2, 0) is 5.41 Å². The largest absolute Gasteiger partial charge is 0.310 e. The monoisotopic (exact) mass is 310 g/mol. The SMILES string of the molecule is CC1(C)c2ccccc2N(c2ccc(C#N)cc2)c2ccccc21. The molecule has 1 aliphatic heterocycles. The molecular weight excluding hydrogens is 292 g/mol. The molecule has 3 aromatic rings. The lowest BCUT2D eigenvalue weighted by Gasteiger charge is -2.42. The van der Waals surface area contributed by atoms with Crippen LogP contribution in [0.5, 0.6) is 0 Å². The van der Waals surface area contributed by atoms with Gasteiger partial charge in [-0.1, -0.05) is 50.2 Å². The highest BCUT2D eigenvalue weighted by molar-refractivity contribution is 5.85. The second-order valence-corrected chi connectivity index (χ2v) is 6.65. The number of nitriles is 1.